The van der Waals surface area contributed by atoms with E-state index in [-0.39, 0.29) is 5.95 Å². The molecule has 3 rings (SSSR count). The summed E-state index contributed by atoms with van der Waals surface area (Å²) in [6.45, 7) is 0.385. The van der Waals surface area contributed by atoms with Crippen molar-refractivity contribution in [2.45, 2.75) is 6.54 Å². The van der Waals surface area contributed by atoms with Crippen molar-refractivity contribution in [2.75, 3.05) is 5.01 Å². The topological polar surface area (TPSA) is 77.0 Å². The lowest BCUT2D eigenvalue weighted by Gasteiger charge is -2.18. The number of anilines is 1. The van der Waals surface area contributed by atoms with Crippen LogP contribution in [-0.2, 0) is 13.6 Å². The zero-order valence-corrected chi connectivity index (χ0v) is 13.8. The third kappa shape index (κ3) is 3.29. The highest BCUT2D eigenvalue weighted by Crippen LogP contribution is 2.25. The second-order valence-corrected chi connectivity index (χ2v) is 5.69. The van der Waals surface area contributed by atoms with E-state index in [1.165, 1.54) is 9.58 Å². The van der Waals surface area contributed by atoms with Gasteiger partial charge in [0.15, 0.2) is 0 Å². The summed E-state index contributed by atoms with van der Waals surface area (Å²) in [4.78, 5) is 20.6. The normalized spacial score (nSPS) is 10.6. The molecule has 0 spiro atoms. The van der Waals surface area contributed by atoms with Gasteiger partial charge in [-0.2, -0.15) is 9.97 Å². The Hall–Kier alpha value is -2.70. The molecule has 6 nitrogen and oxygen atoms in total. The third-order valence-corrected chi connectivity index (χ3v) is 3.90. The lowest BCUT2D eigenvalue weighted by Crippen LogP contribution is -2.35. The summed E-state index contributed by atoms with van der Waals surface area (Å²) in [5, 5.41) is 1.85. The Bertz CT molecular complexity index is 910. The van der Waals surface area contributed by atoms with Crippen LogP contribution >= 0.6 is 11.6 Å². The van der Waals surface area contributed by atoms with Gasteiger partial charge in [-0.15, -0.1) is 0 Å². The van der Waals surface area contributed by atoms with Gasteiger partial charge < -0.3 is 0 Å². The summed E-state index contributed by atoms with van der Waals surface area (Å²) in [6, 6.07) is 16.8. The molecule has 122 valence electrons. The maximum absolute atomic E-state index is 12.2. The van der Waals surface area contributed by atoms with Crippen molar-refractivity contribution in [3.05, 3.63) is 75.7 Å². The van der Waals surface area contributed by atoms with Crippen molar-refractivity contribution in [3.8, 4) is 11.4 Å². The van der Waals surface area contributed by atoms with Crippen molar-refractivity contribution >= 4 is 17.5 Å². The Labute approximate surface area is 144 Å². The molecule has 2 N–H and O–H groups in total. The molecule has 0 saturated carbocycles. The summed E-state index contributed by atoms with van der Waals surface area (Å²) < 4.78 is 1.35. The highest BCUT2D eigenvalue weighted by atomic mass is 35.5. The molecule has 0 aliphatic rings. The van der Waals surface area contributed by atoms with Gasteiger partial charge in [0, 0.05) is 12.6 Å². The second-order valence-electron chi connectivity index (χ2n) is 5.28. The Morgan fingerprint density at radius 2 is 1.75 bits per heavy atom. The number of aromatic nitrogens is 3. The molecule has 0 atom stereocenters. The molecular weight excluding hydrogens is 326 g/mol. The summed E-state index contributed by atoms with van der Waals surface area (Å²) in [5.74, 6) is 6.62. The van der Waals surface area contributed by atoms with Crippen molar-refractivity contribution in [1.82, 2.24) is 14.5 Å². The van der Waals surface area contributed by atoms with Crippen molar-refractivity contribution in [3.63, 3.8) is 0 Å². The highest BCUT2D eigenvalue weighted by molar-refractivity contribution is 6.33. The molecule has 1 heterocycles. The van der Waals surface area contributed by atoms with E-state index < -0.39 is 5.69 Å². The Kier molecular flexibility index (Phi) is 4.59. The zero-order chi connectivity index (χ0) is 17.1. The molecule has 0 amide bonds. The van der Waals surface area contributed by atoms with Gasteiger partial charge in [-0.05, 0) is 17.7 Å². The van der Waals surface area contributed by atoms with E-state index in [1.807, 2.05) is 42.5 Å². The minimum atomic E-state index is -0.446. The van der Waals surface area contributed by atoms with Crippen LogP contribution in [0.25, 0.3) is 11.4 Å². The van der Waals surface area contributed by atoms with E-state index in [4.69, 9.17) is 17.4 Å². The molecule has 2 aromatic carbocycles. The summed E-state index contributed by atoms with van der Waals surface area (Å²) in [7, 11) is 1.60. The maximum Gasteiger partial charge on any atom is 0.352 e. The fraction of sp³-hybridized carbons (Fsp3) is 0.118. The molecule has 0 aliphatic heterocycles. The van der Waals surface area contributed by atoms with E-state index in [0.29, 0.717) is 23.0 Å². The largest absolute Gasteiger partial charge is 0.352 e. The number of hydrogen-bond acceptors (Lipinski definition) is 5. The van der Waals surface area contributed by atoms with Gasteiger partial charge in [-0.1, -0.05) is 54.1 Å². The Balaban J connectivity index is 2.01. The van der Waals surface area contributed by atoms with Gasteiger partial charge in [-0.3, -0.25) is 9.58 Å². The van der Waals surface area contributed by atoms with Crippen LogP contribution < -0.4 is 16.5 Å². The maximum atomic E-state index is 12.2. The van der Waals surface area contributed by atoms with Crippen LogP contribution in [0.3, 0.4) is 0 Å². The van der Waals surface area contributed by atoms with E-state index in [0.717, 1.165) is 5.56 Å². The quantitative estimate of drug-likeness (QED) is 0.582. The van der Waals surface area contributed by atoms with Crippen molar-refractivity contribution in [1.29, 1.82) is 0 Å². The van der Waals surface area contributed by atoms with Gasteiger partial charge >= 0.3 is 5.69 Å². The first-order valence-electron chi connectivity index (χ1n) is 7.32. The van der Waals surface area contributed by atoms with Crippen LogP contribution in [0.15, 0.2) is 59.4 Å². The number of nitrogens with zero attached hydrogens (tertiary/aromatic N) is 4. The summed E-state index contributed by atoms with van der Waals surface area (Å²) >= 11 is 6.22. The van der Waals surface area contributed by atoms with E-state index in [1.54, 1.807) is 19.2 Å². The highest BCUT2D eigenvalue weighted by Gasteiger charge is 2.15. The van der Waals surface area contributed by atoms with Crippen LogP contribution in [0.2, 0.25) is 5.02 Å². The lowest BCUT2D eigenvalue weighted by atomic mass is 10.2. The van der Waals surface area contributed by atoms with Gasteiger partial charge in [0.25, 0.3) is 0 Å². The molecule has 0 unspecified atom stereocenters. The number of nitrogens with two attached hydrogens (primary N) is 1. The Morgan fingerprint density at radius 3 is 2.46 bits per heavy atom. The molecule has 0 bridgehead atoms. The standard InChI is InChI=1S/C17H16ClN5O/c1-22-15(13-9-5-6-10-14(13)18)20-16(21-17(22)24)23(19)11-12-7-3-2-4-8-12/h2-10H,11,19H2,1H3. The molecule has 1 aromatic heterocycles. The van der Waals surface area contributed by atoms with Crippen LogP contribution in [0, 0.1) is 0 Å². The number of hydrazine groups is 1. The van der Waals surface area contributed by atoms with Crippen molar-refractivity contribution < 1.29 is 0 Å². The molecule has 0 saturated heterocycles. The van der Waals surface area contributed by atoms with Crippen LogP contribution in [0.1, 0.15) is 5.56 Å². The first-order chi connectivity index (χ1) is 11.6. The lowest BCUT2D eigenvalue weighted by molar-refractivity contribution is 0.736. The fourth-order valence-electron chi connectivity index (χ4n) is 2.31. The predicted molar refractivity (Wildman–Crippen MR) is 94.5 cm³/mol. The minimum Gasteiger partial charge on any atom is -0.279 e. The molecule has 0 aliphatic carbocycles. The smallest absolute Gasteiger partial charge is 0.279 e. The summed E-state index contributed by atoms with van der Waals surface area (Å²) in [6.07, 6.45) is 0. The fourth-order valence-corrected chi connectivity index (χ4v) is 2.53. The molecule has 7 heteroatoms. The van der Waals surface area contributed by atoms with E-state index in [9.17, 15) is 4.79 Å². The van der Waals surface area contributed by atoms with E-state index in [2.05, 4.69) is 9.97 Å². The number of halogens is 1. The molecule has 0 radical (unpaired) electrons. The average molecular weight is 342 g/mol. The zero-order valence-electron chi connectivity index (χ0n) is 13.1. The monoisotopic (exact) mass is 341 g/mol. The van der Waals surface area contributed by atoms with Gasteiger partial charge in [0.1, 0.15) is 5.82 Å². The van der Waals surface area contributed by atoms with Gasteiger partial charge in [0.2, 0.25) is 5.95 Å². The van der Waals surface area contributed by atoms with Crippen molar-refractivity contribution in [2.24, 2.45) is 12.9 Å². The molecular formula is C17H16ClN5O. The number of benzene rings is 2. The summed E-state index contributed by atoms with van der Waals surface area (Å²) in [5.41, 5.74) is 1.19. The van der Waals surface area contributed by atoms with Crippen LogP contribution in [0.4, 0.5) is 5.95 Å². The minimum absolute atomic E-state index is 0.150. The first kappa shape index (κ1) is 16.2. The van der Waals surface area contributed by atoms with Crippen LogP contribution in [0.5, 0.6) is 0 Å². The number of rotatable bonds is 4. The second kappa shape index (κ2) is 6.82. The SMILES string of the molecule is Cn1c(-c2ccccc2Cl)nc(N(N)Cc2ccccc2)nc1=O. The predicted octanol–water partition coefficient (Wildman–Crippen LogP) is 2.38. The van der Waals surface area contributed by atoms with Gasteiger partial charge in [0.05, 0.1) is 11.6 Å². The third-order valence-electron chi connectivity index (χ3n) is 3.57. The molecule has 24 heavy (non-hydrogen) atoms. The van der Waals surface area contributed by atoms with Gasteiger partial charge in [-0.25, -0.2) is 10.6 Å². The average Bonchev–Trinajstić information content (AvgIpc) is 2.59. The van der Waals surface area contributed by atoms with E-state index >= 15 is 0 Å². The molecule has 0 fully saturated rings. The first-order valence-corrected chi connectivity index (χ1v) is 7.70. The molecule has 3 aromatic rings. The Morgan fingerprint density at radius 1 is 1.08 bits per heavy atom. The number of hydrogen-bond donors (Lipinski definition) is 1. The van der Waals surface area contributed by atoms with Crippen LogP contribution in [-0.4, -0.2) is 14.5 Å².